The molecular weight excluding hydrogens is 400 g/mol. The van der Waals surface area contributed by atoms with E-state index >= 15 is 0 Å². The van der Waals surface area contributed by atoms with Gasteiger partial charge < -0.3 is 29.0 Å². The summed E-state index contributed by atoms with van der Waals surface area (Å²) in [5, 5.41) is 10.6. The minimum absolute atomic E-state index is 0.147. The Bertz CT molecular complexity index is 857. The van der Waals surface area contributed by atoms with Crippen molar-refractivity contribution in [2.45, 2.75) is 50.8 Å². The first-order chi connectivity index (χ1) is 15.2. The maximum Gasteiger partial charge on any atom is 0.407 e. The van der Waals surface area contributed by atoms with Crippen LogP contribution in [0.2, 0.25) is 0 Å². The highest BCUT2D eigenvalue weighted by Crippen LogP contribution is 2.20. The standard InChI is InChI=1S/C23H30N2O6/c26-23(27)25-14-19(28-10-11-30-22-5-1-2-9-29-22)13-20(15-25)31-16-17-6-7-18-4-3-8-24-21(18)12-17/h3-4,6-8,12,19-20,22H,1-2,5,9-11,13-16H2,(H,26,27). The van der Waals surface area contributed by atoms with Gasteiger partial charge in [-0.05, 0) is 37.0 Å². The molecule has 2 aliphatic rings. The minimum Gasteiger partial charge on any atom is -0.465 e. The molecule has 0 spiro atoms. The van der Waals surface area contributed by atoms with Crippen LogP contribution in [0, 0.1) is 0 Å². The van der Waals surface area contributed by atoms with E-state index in [1.165, 1.54) is 4.90 Å². The SMILES string of the molecule is O=C(O)N1CC(OCCOC2CCCCO2)CC(OCc2ccc3cccnc3c2)C1. The smallest absolute Gasteiger partial charge is 0.407 e. The number of fused-ring (bicyclic) bond motifs is 1. The molecule has 0 aliphatic carbocycles. The summed E-state index contributed by atoms with van der Waals surface area (Å²) in [6.45, 7) is 2.67. The van der Waals surface area contributed by atoms with Crippen molar-refractivity contribution in [2.75, 3.05) is 32.9 Å². The summed E-state index contributed by atoms with van der Waals surface area (Å²) in [4.78, 5) is 17.3. The predicted octanol–water partition coefficient (Wildman–Crippen LogP) is 3.43. The third-order valence-electron chi connectivity index (χ3n) is 5.68. The topological polar surface area (TPSA) is 90.4 Å². The highest BCUT2D eigenvalue weighted by molar-refractivity contribution is 5.78. The van der Waals surface area contributed by atoms with Gasteiger partial charge in [-0.2, -0.15) is 0 Å². The van der Waals surface area contributed by atoms with Crippen molar-refractivity contribution < 1.29 is 28.8 Å². The average Bonchev–Trinajstić information content (AvgIpc) is 2.81. The van der Waals surface area contributed by atoms with Gasteiger partial charge in [0.2, 0.25) is 0 Å². The number of benzene rings is 1. The molecule has 2 fully saturated rings. The lowest BCUT2D eigenvalue weighted by Gasteiger charge is -2.36. The van der Waals surface area contributed by atoms with E-state index in [1.54, 1.807) is 6.20 Å². The van der Waals surface area contributed by atoms with Gasteiger partial charge in [0.25, 0.3) is 0 Å². The lowest BCUT2D eigenvalue weighted by Crippen LogP contribution is -2.49. The first-order valence-corrected chi connectivity index (χ1v) is 11.0. The highest BCUT2D eigenvalue weighted by atomic mass is 16.7. The summed E-state index contributed by atoms with van der Waals surface area (Å²) in [5.41, 5.74) is 1.93. The minimum atomic E-state index is -0.955. The van der Waals surface area contributed by atoms with Crippen molar-refractivity contribution in [3.63, 3.8) is 0 Å². The number of hydrogen-bond donors (Lipinski definition) is 1. The van der Waals surface area contributed by atoms with Gasteiger partial charge in [0.1, 0.15) is 0 Å². The molecule has 0 saturated carbocycles. The van der Waals surface area contributed by atoms with Crippen molar-refractivity contribution in [1.29, 1.82) is 0 Å². The van der Waals surface area contributed by atoms with Crippen LogP contribution in [-0.4, -0.2) is 72.5 Å². The molecule has 4 rings (SSSR count). The summed E-state index contributed by atoms with van der Waals surface area (Å²) < 4.78 is 23.2. The molecule has 8 nitrogen and oxygen atoms in total. The van der Waals surface area contributed by atoms with Crippen molar-refractivity contribution in [2.24, 2.45) is 0 Å². The van der Waals surface area contributed by atoms with Gasteiger partial charge in [0.15, 0.2) is 6.29 Å². The Balaban J connectivity index is 1.26. The van der Waals surface area contributed by atoms with Crippen LogP contribution in [0.4, 0.5) is 4.79 Å². The van der Waals surface area contributed by atoms with Crippen molar-refractivity contribution in [3.8, 4) is 0 Å². The molecule has 8 heteroatoms. The fourth-order valence-electron chi connectivity index (χ4n) is 4.06. The maximum atomic E-state index is 11.6. The summed E-state index contributed by atoms with van der Waals surface area (Å²) in [6.07, 6.45) is 3.99. The van der Waals surface area contributed by atoms with Gasteiger partial charge in [-0.25, -0.2) is 4.79 Å². The maximum absolute atomic E-state index is 11.6. The third kappa shape index (κ3) is 6.36. The molecule has 1 N–H and O–H groups in total. The van der Waals surface area contributed by atoms with Gasteiger partial charge in [0.05, 0.1) is 50.6 Å². The van der Waals surface area contributed by atoms with E-state index in [-0.39, 0.29) is 18.5 Å². The second kappa shape index (κ2) is 10.9. The molecule has 2 aliphatic heterocycles. The summed E-state index contributed by atoms with van der Waals surface area (Å²) in [5.74, 6) is 0. The van der Waals surface area contributed by atoms with E-state index in [9.17, 15) is 9.90 Å². The zero-order valence-corrected chi connectivity index (χ0v) is 17.7. The molecule has 2 aromatic rings. The van der Waals surface area contributed by atoms with Crippen LogP contribution >= 0.6 is 0 Å². The molecule has 2 saturated heterocycles. The Hall–Kier alpha value is -2.26. The molecule has 0 bridgehead atoms. The van der Waals surface area contributed by atoms with E-state index in [0.717, 1.165) is 42.3 Å². The predicted molar refractivity (Wildman–Crippen MR) is 114 cm³/mol. The molecule has 3 unspecified atom stereocenters. The number of nitrogens with zero attached hydrogens (tertiary/aromatic N) is 2. The second-order valence-corrected chi connectivity index (χ2v) is 8.05. The quantitative estimate of drug-likeness (QED) is 0.642. The van der Waals surface area contributed by atoms with Gasteiger partial charge >= 0.3 is 6.09 Å². The lowest BCUT2D eigenvalue weighted by atomic mass is 10.1. The zero-order valence-electron chi connectivity index (χ0n) is 17.7. The Kier molecular flexibility index (Phi) is 7.69. The van der Waals surface area contributed by atoms with E-state index < -0.39 is 6.09 Å². The molecule has 3 atom stereocenters. The molecule has 0 radical (unpaired) electrons. The Morgan fingerprint density at radius 1 is 1.13 bits per heavy atom. The van der Waals surface area contributed by atoms with Crippen molar-refractivity contribution in [3.05, 3.63) is 42.1 Å². The van der Waals surface area contributed by atoms with E-state index in [4.69, 9.17) is 18.9 Å². The Morgan fingerprint density at radius 2 is 1.97 bits per heavy atom. The summed E-state index contributed by atoms with van der Waals surface area (Å²) >= 11 is 0. The Labute approximate surface area is 182 Å². The molecule has 168 valence electrons. The zero-order chi connectivity index (χ0) is 21.5. The number of rotatable bonds is 8. The number of amides is 1. The van der Waals surface area contributed by atoms with Crippen LogP contribution in [0.15, 0.2) is 36.5 Å². The molecular formula is C23H30N2O6. The van der Waals surface area contributed by atoms with E-state index in [1.807, 2.05) is 30.3 Å². The summed E-state index contributed by atoms with van der Waals surface area (Å²) in [6, 6.07) is 9.97. The third-order valence-corrected chi connectivity index (χ3v) is 5.68. The average molecular weight is 431 g/mol. The molecule has 1 aromatic carbocycles. The van der Waals surface area contributed by atoms with Crippen molar-refractivity contribution in [1.82, 2.24) is 9.88 Å². The van der Waals surface area contributed by atoms with Crippen LogP contribution in [0.1, 0.15) is 31.2 Å². The number of piperidine rings is 1. The molecule has 1 aromatic heterocycles. The lowest BCUT2D eigenvalue weighted by molar-refractivity contribution is -0.174. The number of ether oxygens (including phenoxy) is 4. The van der Waals surface area contributed by atoms with Gasteiger partial charge in [-0.1, -0.05) is 18.2 Å². The number of pyridine rings is 1. The van der Waals surface area contributed by atoms with Gasteiger partial charge in [-0.15, -0.1) is 0 Å². The molecule has 3 heterocycles. The number of hydrogen-bond acceptors (Lipinski definition) is 6. The van der Waals surface area contributed by atoms with E-state index in [0.29, 0.717) is 39.3 Å². The number of carbonyl (C=O) groups is 1. The molecule has 31 heavy (non-hydrogen) atoms. The van der Waals surface area contributed by atoms with Crippen LogP contribution in [0.25, 0.3) is 10.9 Å². The van der Waals surface area contributed by atoms with Crippen molar-refractivity contribution >= 4 is 17.0 Å². The van der Waals surface area contributed by atoms with Gasteiger partial charge in [0, 0.05) is 24.6 Å². The second-order valence-electron chi connectivity index (χ2n) is 8.05. The first-order valence-electron chi connectivity index (χ1n) is 11.0. The largest absolute Gasteiger partial charge is 0.465 e. The highest BCUT2D eigenvalue weighted by Gasteiger charge is 2.31. The normalized spacial score (nSPS) is 24.4. The van der Waals surface area contributed by atoms with Crippen LogP contribution in [-0.2, 0) is 25.6 Å². The monoisotopic (exact) mass is 430 g/mol. The number of carboxylic acid groups (broad SMARTS) is 1. The number of aromatic nitrogens is 1. The number of likely N-dealkylation sites (tertiary alicyclic amines) is 1. The van der Waals surface area contributed by atoms with Crippen LogP contribution in [0.5, 0.6) is 0 Å². The first kappa shape index (κ1) is 22.0. The van der Waals surface area contributed by atoms with Gasteiger partial charge in [-0.3, -0.25) is 4.98 Å². The Morgan fingerprint density at radius 3 is 2.77 bits per heavy atom. The van der Waals surface area contributed by atoms with Crippen LogP contribution < -0.4 is 0 Å². The van der Waals surface area contributed by atoms with Crippen LogP contribution in [0.3, 0.4) is 0 Å². The molecule has 1 amide bonds. The fraction of sp³-hybridized carbons (Fsp3) is 0.565. The van der Waals surface area contributed by atoms with E-state index in [2.05, 4.69) is 4.98 Å². The summed E-state index contributed by atoms with van der Waals surface area (Å²) in [7, 11) is 0. The fourth-order valence-corrected chi connectivity index (χ4v) is 4.06.